The molecule has 0 fully saturated rings. The van der Waals surface area contributed by atoms with E-state index in [-0.39, 0.29) is 12.8 Å². The highest BCUT2D eigenvalue weighted by Crippen LogP contribution is 2.35. The van der Waals surface area contributed by atoms with Gasteiger partial charge in [0.25, 0.3) is 0 Å². The fourth-order valence-electron chi connectivity index (χ4n) is 4.54. The number of ether oxygens (including phenoxy) is 1. The first kappa shape index (κ1) is 23.5. The first-order valence-electron chi connectivity index (χ1n) is 11.2. The lowest BCUT2D eigenvalue weighted by Gasteiger charge is -2.28. The number of para-hydroxylation sites is 1. The van der Waals surface area contributed by atoms with Gasteiger partial charge in [0, 0.05) is 24.0 Å². The van der Waals surface area contributed by atoms with Crippen LogP contribution in [0.15, 0.2) is 72.8 Å². The predicted octanol–water partition coefficient (Wildman–Crippen LogP) is 3.32. The zero-order valence-corrected chi connectivity index (χ0v) is 19.0. The van der Waals surface area contributed by atoms with E-state index < -0.39 is 23.5 Å². The van der Waals surface area contributed by atoms with E-state index in [9.17, 15) is 14.7 Å². The molecule has 0 spiro atoms. The van der Waals surface area contributed by atoms with Gasteiger partial charge in [-0.1, -0.05) is 66.7 Å². The topological polar surface area (TPSA) is 108 Å². The average molecular weight is 461 g/mol. The second kappa shape index (κ2) is 10.1. The highest BCUT2D eigenvalue weighted by atomic mass is 16.5. The van der Waals surface area contributed by atoms with Gasteiger partial charge < -0.3 is 15.2 Å². The molecule has 0 aromatic heterocycles. The fraction of sp³-hybridized carbons (Fsp3) is 0.259. The SMILES string of the molecule is COc1ccccc1-c1ccc(C[C@H](CC(=O)NO)C(=O)N[C@]2(O)CCc3ccccc32)cc1. The summed E-state index contributed by atoms with van der Waals surface area (Å²) in [5, 5.41) is 22.9. The number of carbonyl (C=O) groups excluding carboxylic acids is 2. The van der Waals surface area contributed by atoms with E-state index in [1.54, 1.807) is 18.7 Å². The number of amides is 2. The third-order valence-corrected chi connectivity index (χ3v) is 6.33. The Morgan fingerprint density at radius 2 is 1.74 bits per heavy atom. The number of aliphatic hydroxyl groups is 1. The number of rotatable bonds is 8. The number of carbonyl (C=O) groups is 2. The van der Waals surface area contributed by atoms with Gasteiger partial charge in [0.1, 0.15) is 5.75 Å². The van der Waals surface area contributed by atoms with Crippen LogP contribution in [0.1, 0.15) is 29.5 Å². The monoisotopic (exact) mass is 460 g/mol. The minimum Gasteiger partial charge on any atom is -0.496 e. The molecule has 176 valence electrons. The van der Waals surface area contributed by atoms with Crippen molar-refractivity contribution in [2.45, 2.75) is 31.4 Å². The van der Waals surface area contributed by atoms with E-state index in [2.05, 4.69) is 5.32 Å². The molecular formula is C27H28N2O5. The van der Waals surface area contributed by atoms with Crippen molar-refractivity contribution >= 4 is 11.8 Å². The van der Waals surface area contributed by atoms with E-state index >= 15 is 0 Å². The summed E-state index contributed by atoms with van der Waals surface area (Å²) in [4.78, 5) is 25.1. The van der Waals surface area contributed by atoms with Gasteiger partial charge in [0.2, 0.25) is 11.8 Å². The maximum atomic E-state index is 13.2. The Balaban J connectivity index is 1.52. The molecular weight excluding hydrogens is 432 g/mol. The molecule has 2 atom stereocenters. The van der Waals surface area contributed by atoms with Crippen molar-refractivity contribution in [2.24, 2.45) is 5.92 Å². The van der Waals surface area contributed by atoms with Crippen molar-refractivity contribution in [3.05, 3.63) is 89.5 Å². The molecule has 4 rings (SSSR count). The molecule has 34 heavy (non-hydrogen) atoms. The number of hydrogen-bond acceptors (Lipinski definition) is 5. The molecule has 7 nitrogen and oxygen atoms in total. The molecule has 3 aromatic carbocycles. The van der Waals surface area contributed by atoms with Gasteiger partial charge in [-0.3, -0.25) is 14.8 Å². The summed E-state index contributed by atoms with van der Waals surface area (Å²) >= 11 is 0. The van der Waals surface area contributed by atoms with Gasteiger partial charge in [0.05, 0.1) is 13.0 Å². The lowest BCUT2D eigenvalue weighted by atomic mass is 9.92. The molecule has 3 aromatic rings. The Bertz CT molecular complexity index is 1180. The van der Waals surface area contributed by atoms with Crippen molar-refractivity contribution in [1.82, 2.24) is 10.8 Å². The van der Waals surface area contributed by atoms with Crippen LogP contribution < -0.4 is 15.5 Å². The van der Waals surface area contributed by atoms with Crippen molar-refractivity contribution in [1.29, 1.82) is 0 Å². The summed E-state index contributed by atoms with van der Waals surface area (Å²) in [6.07, 6.45) is 1.07. The van der Waals surface area contributed by atoms with Crippen LogP contribution in [0.25, 0.3) is 11.1 Å². The highest BCUT2D eigenvalue weighted by Gasteiger charge is 2.39. The maximum absolute atomic E-state index is 13.2. The highest BCUT2D eigenvalue weighted by molar-refractivity contribution is 5.86. The Kier molecular flexibility index (Phi) is 6.95. The van der Waals surface area contributed by atoms with Gasteiger partial charge in [-0.2, -0.15) is 0 Å². The maximum Gasteiger partial charge on any atom is 0.244 e. The van der Waals surface area contributed by atoms with Crippen molar-refractivity contribution in [3.8, 4) is 16.9 Å². The number of methoxy groups -OCH3 is 1. The van der Waals surface area contributed by atoms with Crippen LogP contribution in [0.4, 0.5) is 0 Å². The number of benzene rings is 3. The van der Waals surface area contributed by atoms with E-state index in [1.807, 2.05) is 66.7 Å². The molecule has 0 saturated carbocycles. The van der Waals surface area contributed by atoms with Crippen molar-refractivity contribution in [2.75, 3.05) is 7.11 Å². The van der Waals surface area contributed by atoms with Crippen molar-refractivity contribution in [3.63, 3.8) is 0 Å². The molecule has 0 aliphatic heterocycles. The van der Waals surface area contributed by atoms with Crippen LogP contribution in [0.3, 0.4) is 0 Å². The summed E-state index contributed by atoms with van der Waals surface area (Å²) in [7, 11) is 1.62. The third-order valence-electron chi connectivity index (χ3n) is 6.33. The third kappa shape index (κ3) is 4.95. The predicted molar refractivity (Wildman–Crippen MR) is 127 cm³/mol. The second-order valence-electron chi connectivity index (χ2n) is 8.54. The first-order valence-corrected chi connectivity index (χ1v) is 11.2. The smallest absolute Gasteiger partial charge is 0.244 e. The Morgan fingerprint density at radius 3 is 2.47 bits per heavy atom. The summed E-state index contributed by atoms with van der Waals surface area (Å²) in [6.45, 7) is 0. The van der Waals surface area contributed by atoms with Gasteiger partial charge in [-0.05, 0) is 35.6 Å². The van der Waals surface area contributed by atoms with Crippen LogP contribution >= 0.6 is 0 Å². The molecule has 2 amide bonds. The summed E-state index contributed by atoms with van der Waals surface area (Å²) in [5.74, 6) is -1.13. The van der Waals surface area contributed by atoms with Crippen molar-refractivity contribution < 1.29 is 24.6 Å². The number of hydroxylamine groups is 1. The molecule has 4 N–H and O–H groups in total. The Morgan fingerprint density at radius 1 is 1.03 bits per heavy atom. The van der Waals surface area contributed by atoms with Crippen LogP contribution in [0.2, 0.25) is 0 Å². The minimum atomic E-state index is -1.48. The fourth-order valence-corrected chi connectivity index (χ4v) is 4.54. The number of aryl methyl sites for hydroxylation is 1. The summed E-state index contributed by atoms with van der Waals surface area (Å²) in [6, 6.07) is 22.8. The molecule has 0 radical (unpaired) electrons. The van der Waals surface area contributed by atoms with Gasteiger partial charge in [-0.15, -0.1) is 0 Å². The standard InChI is InChI=1S/C27H28N2O5/c1-34-24-9-5-3-7-22(24)19-12-10-18(11-13-19)16-21(17-25(30)29-33)26(31)28-27(32)15-14-20-6-2-4-8-23(20)27/h2-13,21,32-33H,14-17H2,1H3,(H,28,31)(H,29,30)/t21-,27+/m1/s1. The van der Waals surface area contributed by atoms with E-state index in [4.69, 9.17) is 9.94 Å². The molecule has 0 saturated heterocycles. The van der Waals surface area contributed by atoms with E-state index in [0.717, 1.165) is 28.0 Å². The zero-order chi connectivity index (χ0) is 24.1. The molecule has 1 aliphatic carbocycles. The number of hydrogen-bond donors (Lipinski definition) is 4. The summed E-state index contributed by atoms with van der Waals surface area (Å²) < 4.78 is 5.44. The largest absolute Gasteiger partial charge is 0.496 e. The van der Waals surface area contributed by atoms with E-state index in [0.29, 0.717) is 18.4 Å². The van der Waals surface area contributed by atoms with Crippen LogP contribution in [-0.2, 0) is 28.2 Å². The van der Waals surface area contributed by atoms with E-state index in [1.165, 1.54) is 0 Å². The Hall–Kier alpha value is -3.68. The summed E-state index contributed by atoms with van der Waals surface area (Å²) in [5.41, 5.74) is 4.56. The normalized spacial score (nSPS) is 17.5. The van der Waals surface area contributed by atoms with Crippen LogP contribution in [0.5, 0.6) is 5.75 Å². The average Bonchev–Trinajstić information content (AvgIpc) is 3.20. The Labute approximate surface area is 198 Å². The second-order valence-corrected chi connectivity index (χ2v) is 8.54. The quantitative estimate of drug-likeness (QED) is 0.234. The molecule has 7 heteroatoms. The van der Waals surface area contributed by atoms with Gasteiger partial charge >= 0.3 is 0 Å². The van der Waals surface area contributed by atoms with Gasteiger partial charge in [-0.25, -0.2) is 5.48 Å². The molecule has 1 aliphatic rings. The van der Waals surface area contributed by atoms with Crippen LogP contribution in [0, 0.1) is 5.92 Å². The zero-order valence-electron chi connectivity index (χ0n) is 19.0. The minimum absolute atomic E-state index is 0.214. The van der Waals surface area contributed by atoms with Crippen LogP contribution in [-0.4, -0.2) is 29.2 Å². The number of nitrogens with one attached hydrogen (secondary N) is 2. The lowest BCUT2D eigenvalue weighted by molar-refractivity contribution is -0.139. The number of fused-ring (bicyclic) bond motifs is 1. The molecule has 0 unspecified atom stereocenters. The first-order chi connectivity index (χ1) is 16.4. The molecule has 0 heterocycles. The van der Waals surface area contributed by atoms with Gasteiger partial charge in [0.15, 0.2) is 5.72 Å². The molecule has 0 bridgehead atoms. The lowest BCUT2D eigenvalue weighted by Crippen LogP contribution is -2.47.